The molecule has 0 spiro atoms. The molecule has 0 aliphatic heterocycles. The van der Waals surface area contributed by atoms with Gasteiger partial charge in [0.1, 0.15) is 33.6 Å². The van der Waals surface area contributed by atoms with Crippen LogP contribution in [0.15, 0.2) is 52.8 Å². The SMILES string of the molecule is C[C@H](Sc1ncnc2sccc12)/C(O)=C(\C#N)c1nc2ccccc2[nH]1. The summed E-state index contributed by atoms with van der Waals surface area (Å²) in [6.07, 6.45) is 1.51. The molecule has 0 bridgehead atoms. The van der Waals surface area contributed by atoms with Crippen molar-refractivity contribution in [1.82, 2.24) is 19.9 Å². The lowest BCUT2D eigenvalue weighted by atomic mass is 10.2. The van der Waals surface area contributed by atoms with E-state index in [1.54, 1.807) is 11.3 Å². The highest BCUT2D eigenvalue weighted by Gasteiger charge is 2.20. The van der Waals surface area contributed by atoms with E-state index in [-0.39, 0.29) is 16.6 Å². The van der Waals surface area contributed by atoms with Gasteiger partial charge in [-0.1, -0.05) is 23.9 Å². The zero-order valence-electron chi connectivity index (χ0n) is 13.7. The van der Waals surface area contributed by atoms with E-state index in [9.17, 15) is 10.4 Å². The summed E-state index contributed by atoms with van der Waals surface area (Å²) in [6.45, 7) is 1.83. The second-order valence-corrected chi connectivity index (χ2v) is 7.78. The number of rotatable bonds is 4. The highest BCUT2D eigenvalue weighted by molar-refractivity contribution is 8.00. The van der Waals surface area contributed by atoms with E-state index in [1.165, 1.54) is 18.1 Å². The normalized spacial score (nSPS) is 13.5. The minimum Gasteiger partial charge on any atom is -0.510 e. The van der Waals surface area contributed by atoms with E-state index in [4.69, 9.17) is 0 Å². The number of aliphatic hydroxyl groups is 1. The second-order valence-electron chi connectivity index (χ2n) is 5.55. The number of benzene rings is 1. The number of para-hydroxylation sites is 2. The monoisotopic (exact) mass is 379 g/mol. The Morgan fingerprint density at radius 3 is 2.96 bits per heavy atom. The van der Waals surface area contributed by atoms with Crippen molar-refractivity contribution in [2.75, 3.05) is 0 Å². The Labute approximate surface area is 157 Å². The van der Waals surface area contributed by atoms with E-state index in [1.807, 2.05) is 42.6 Å². The van der Waals surface area contributed by atoms with Crippen molar-refractivity contribution in [3.8, 4) is 6.07 Å². The number of nitrogens with zero attached hydrogens (tertiary/aromatic N) is 4. The molecule has 0 aliphatic carbocycles. The molecule has 8 heteroatoms. The molecule has 0 radical (unpaired) electrons. The highest BCUT2D eigenvalue weighted by Crippen LogP contribution is 2.34. The van der Waals surface area contributed by atoms with Crippen LogP contribution in [0.3, 0.4) is 0 Å². The van der Waals surface area contributed by atoms with Crippen LogP contribution >= 0.6 is 23.1 Å². The van der Waals surface area contributed by atoms with Crippen molar-refractivity contribution < 1.29 is 5.11 Å². The minimum atomic E-state index is -0.365. The molecule has 3 aromatic heterocycles. The molecular weight excluding hydrogens is 366 g/mol. The third-order valence-corrected chi connectivity index (χ3v) is 5.84. The molecule has 0 aliphatic rings. The highest BCUT2D eigenvalue weighted by atomic mass is 32.2. The molecule has 0 saturated heterocycles. The van der Waals surface area contributed by atoms with Gasteiger partial charge >= 0.3 is 0 Å². The molecular formula is C18H13N5OS2. The maximum absolute atomic E-state index is 10.7. The summed E-state index contributed by atoms with van der Waals surface area (Å²) in [7, 11) is 0. The fourth-order valence-corrected chi connectivity index (χ4v) is 4.35. The van der Waals surface area contributed by atoms with Crippen LogP contribution in [0, 0.1) is 11.3 Å². The van der Waals surface area contributed by atoms with Crippen LogP contribution in [0.25, 0.3) is 26.8 Å². The number of aromatic nitrogens is 4. The molecule has 2 N–H and O–H groups in total. The van der Waals surface area contributed by atoms with Crippen LogP contribution < -0.4 is 0 Å². The van der Waals surface area contributed by atoms with Gasteiger partial charge in [-0.3, -0.25) is 0 Å². The molecule has 3 heterocycles. The quantitative estimate of drug-likeness (QED) is 0.234. The number of H-pyrrole nitrogens is 1. The maximum atomic E-state index is 10.7. The zero-order chi connectivity index (χ0) is 18.1. The lowest BCUT2D eigenvalue weighted by Gasteiger charge is -2.11. The fourth-order valence-electron chi connectivity index (χ4n) is 2.59. The van der Waals surface area contributed by atoms with E-state index in [0.717, 1.165) is 26.3 Å². The predicted molar refractivity (Wildman–Crippen MR) is 104 cm³/mol. The summed E-state index contributed by atoms with van der Waals surface area (Å²) in [5, 5.41) is 23.6. The van der Waals surface area contributed by atoms with Crippen molar-refractivity contribution in [2.24, 2.45) is 0 Å². The minimum absolute atomic E-state index is 0.0291. The molecule has 1 atom stereocenters. The zero-order valence-corrected chi connectivity index (χ0v) is 15.3. The van der Waals surface area contributed by atoms with E-state index in [0.29, 0.717) is 5.82 Å². The standard InChI is InChI=1S/C18H13N5OS2/c1-10(26-18-11-6-7-25-17(11)20-9-21-18)15(24)12(8-19)16-22-13-4-2-3-5-14(13)23-16/h2-7,9-10,24H,1H3,(H,22,23)/b15-12-/t10-/m0/s1. The average molecular weight is 379 g/mol. The first-order valence-corrected chi connectivity index (χ1v) is 9.56. The van der Waals surface area contributed by atoms with Gasteiger partial charge < -0.3 is 10.1 Å². The van der Waals surface area contributed by atoms with Gasteiger partial charge in [0.05, 0.1) is 16.3 Å². The first-order chi connectivity index (χ1) is 12.7. The smallest absolute Gasteiger partial charge is 0.152 e. The van der Waals surface area contributed by atoms with Gasteiger partial charge in [0.25, 0.3) is 0 Å². The number of nitrogens with one attached hydrogen (secondary N) is 1. The first kappa shape index (κ1) is 16.6. The van der Waals surface area contributed by atoms with Crippen LogP contribution in [-0.2, 0) is 0 Å². The Morgan fingerprint density at radius 1 is 1.31 bits per heavy atom. The van der Waals surface area contributed by atoms with Gasteiger partial charge in [-0.15, -0.1) is 11.3 Å². The van der Waals surface area contributed by atoms with Crippen molar-refractivity contribution >= 4 is 49.9 Å². The van der Waals surface area contributed by atoms with E-state index >= 15 is 0 Å². The van der Waals surface area contributed by atoms with Gasteiger partial charge in [0.2, 0.25) is 0 Å². The van der Waals surface area contributed by atoms with Crippen LogP contribution in [0.1, 0.15) is 12.7 Å². The van der Waals surface area contributed by atoms with Gasteiger partial charge in [0, 0.05) is 5.39 Å². The van der Waals surface area contributed by atoms with Crippen LogP contribution in [-0.4, -0.2) is 30.3 Å². The largest absolute Gasteiger partial charge is 0.510 e. The molecule has 128 valence electrons. The lowest BCUT2D eigenvalue weighted by molar-refractivity contribution is 0.402. The third-order valence-electron chi connectivity index (χ3n) is 3.89. The molecule has 1 aromatic carbocycles. The number of nitriles is 1. The van der Waals surface area contributed by atoms with Crippen LogP contribution in [0.5, 0.6) is 0 Å². The molecule has 0 fully saturated rings. The van der Waals surface area contributed by atoms with E-state index < -0.39 is 0 Å². The Bertz CT molecular complexity index is 1140. The number of allylic oxidation sites excluding steroid dienone is 1. The topological polar surface area (TPSA) is 98.5 Å². The Kier molecular flexibility index (Phi) is 4.32. The molecule has 0 saturated carbocycles. The number of hydrogen-bond acceptors (Lipinski definition) is 7. The third kappa shape index (κ3) is 2.92. The average Bonchev–Trinajstić information content (AvgIpc) is 3.29. The number of fused-ring (bicyclic) bond motifs is 2. The summed E-state index contributed by atoms with van der Waals surface area (Å²) in [5.41, 5.74) is 1.70. The summed E-state index contributed by atoms with van der Waals surface area (Å²) in [4.78, 5) is 16.9. The van der Waals surface area contributed by atoms with Crippen LogP contribution in [0.2, 0.25) is 0 Å². The number of hydrogen-bond donors (Lipinski definition) is 2. The van der Waals surface area contributed by atoms with Crippen molar-refractivity contribution in [3.63, 3.8) is 0 Å². The number of imidazole rings is 1. The molecule has 26 heavy (non-hydrogen) atoms. The molecule has 0 unspecified atom stereocenters. The summed E-state index contributed by atoms with van der Waals surface area (Å²) >= 11 is 2.93. The van der Waals surface area contributed by atoms with Gasteiger partial charge in [-0.2, -0.15) is 5.26 Å². The van der Waals surface area contributed by atoms with Crippen LogP contribution in [0.4, 0.5) is 0 Å². The van der Waals surface area contributed by atoms with Gasteiger partial charge in [0.15, 0.2) is 5.82 Å². The fraction of sp³-hybridized carbons (Fsp3) is 0.111. The van der Waals surface area contributed by atoms with Crippen molar-refractivity contribution in [2.45, 2.75) is 17.2 Å². The molecule has 4 aromatic rings. The Morgan fingerprint density at radius 2 is 2.15 bits per heavy atom. The predicted octanol–water partition coefficient (Wildman–Crippen LogP) is 4.54. The number of thiophene rings is 1. The first-order valence-electron chi connectivity index (χ1n) is 7.80. The summed E-state index contributed by atoms with van der Waals surface area (Å²) < 4.78 is 0. The lowest BCUT2D eigenvalue weighted by Crippen LogP contribution is -2.05. The molecule has 6 nitrogen and oxygen atoms in total. The number of aromatic amines is 1. The maximum Gasteiger partial charge on any atom is 0.152 e. The number of thioether (sulfide) groups is 1. The Balaban J connectivity index is 1.70. The van der Waals surface area contributed by atoms with Gasteiger partial charge in [-0.25, -0.2) is 15.0 Å². The second kappa shape index (κ2) is 6.78. The van der Waals surface area contributed by atoms with E-state index in [2.05, 4.69) is 26.0 Å². The number of aliphatic hydroxyl groups excluding tert-OH is 1. The van der Waals surface area contributed by atoms with Crippen molar-refractivity contribution in [1.29, 1.82) is 5.26 Å². The summed E-state index contributed by atoms with van der Waals surface area (Å²) in [5.74, 6) is 0.334. The molecule has 0 amide bonds. The van der Waals surface area contributed by atoms with Crippen molar-refractivity contribution in [3.05, 3.63) is 53.6 Å². The summed E-state index contributed by atoms with van der Waals surface area (Å²) in [6, 6.07) is 11.5. The Hall–Kier alpha value is -2.89. The molecule has 4 rings (SSSR count). The van der Waals surface area contributed by atoms with Gasteiger partial charge in [-0.05, 0) is 30.5 Å².